The molecule has 9 fully saturated rings. The Bertz CT molecular complexity index is 711. The topological polar surface area (TPSA) is 24.1 Å². The minimum Gasteiger partial charge on any atom is -0.385 e. The van der Waals surface area contributed by atoms with Gasteiger partial charge in [-0.25, -0.2) is 0 Å². The normalized spacial score (nSPS) is 51.7. The molecule has 2 N–H and O–H groups in total. The highest BCUT2D eigenvalue weighted by Crippen LogP contribution is 2.63. The van der Waals surface area contributed by atoms with Crippen molar-refractivity contribution in [3.63, 3.8) is 0 Å². The molecule has 2 heteroatoms. The number of allylic oxidation sites excluding steroid dienone is 4. The Kier molecular flexibility index (Phi) is 5.45. The van der Waals surface area contributed by atoms with Gasteiger partial charge in [-0.3, -0.25) is 0 Å². The third kappa shape index (κ3) is 3.71. The van der Waals surface area contributed by atoms with Gasteiger partial charge >= 0.3 is 0 Å². The van der Waals surface area contributed by atoms with E-state index in [4.69, 9.17) is 0 Å². The standard InChI is InChI=1S/C32H50N2/c1-3-29(31-15-21-8-22(16-31)10-23(9-21)17-31)33-27-6-5-7-28(14-27)34-30(4-2)32-18-24-11-25(19-32)13-26(12-24)20-32/h3-4,21-28,33-34H,5-20H2,1-2H3/b29-3-,30-4-. The van der Waals surface area contributed by atoms with E-state index < -0.39 is 0 Å². The van der Waals surface area contributed by atoms with Crippen LogP contribution in [0.1, 0.15) is 117 Å². The summed E-state index contributed by atoms with van der Waals surface area (Å²) in [5, 5.41) is 8.44. The predicted molar refractivity (Wildman–Crippen MR) is 141 cm³/mol. The highest BCUT2D eigenvalue weighted by atomic mass is 15.0. The van der Waals surface area contributed by atoms with Crippen LogP contribution in [0.2, 0.25) is 0 Å². The van der Waals surface area contributed by atoms with E-state index in [-0.39, 0.29) is 0 Å². The van der Waals surface area contributed by atoms with Gasteiger partial charge in [0, 0.05) is 34.3 Å². The van der Waals surface area contributed by atoms with Crippen LogP contribution in [0.25, 0.3) is 0 Å². The Morgan fingerprint density at radius 2 is 0.853 bits per heavy atom. The molecule has 0 radical (unpaired) electrons. The van der Waals surface area contributed by atoms with E-state index in [1.807, 2.05) is 0 Å². The molecule has 2 nitrogen and oxygen atoms in total. The number of nitrogens with one attached hydrogen (secondary N) is 2. The predicted octanol–water partition coefficient (Wildman–Crippen LogP) is 7.72. The van der Waals surface area contributed by atoms with E-state index in [2.05, 4.69) is 36.6 Å². The monoisotopic (exact) mass is 462 g/mol. The van der Waals surface area contributed by atoms with E-state index in [9.17, 15) is 0 Å². The van der Waals surface area contributed by atoms with Gasteiger partial charge in [-0.15, -0.1) is 0 Å². The molecule has 9 aliphatic rings. The van der Waals surface area contributed by atoms with Crippen LogP contribution in [0.4, 0.5) is 0 Å². The lowest BCUT2D eigenvalue weighted by Gasteiger charge is -2.58. The van der Waals surface area contributed by atoms with Gasteiger partial charge in [-0.05, 0) is 152 Å². The molecule has 0 aliphatic heterocycles. The average Bonchev–Trinajstić information content (AvgIpc) is 2.79. The van der Waals surface area contributed by atoms with Crippen molar-refractivity contribution in [1.29, 1.82) is 0 Å². The molecule has 0 amide bonds. The second-order valence-corrected chi connectivity index (χ2v) is 14.6. The van der Waals surface area contributed by atoms with Crippen molar-refractivity contribution in [2.75, 3.05) is 0 Å². The molecular formula is C32H50N2. The maximum absolute atomic E-state index is 4.22. The summed E-state index contributed by atoms with van der Waals surface area (Å²) in [7, 11) is 0. The molecule has 2 atom stereocenters. The third-order valence-corrected chi connectivity index (χ3v) is 12.2. The number of hydrogen-bond acceptors (Lipinski definition) is 2. The van der Waals surface area contributed by atoms with E-state index >= 15 is 0 Å². The van der Waals surface area contributed by atoms with Crippen molar-refractivity contribution in [3.8, 4) is 0 Å². The molecule has 8 bridgehead atoms. The van der Waals surface area contributed by atoms with Crippen LogP contribution in [-0.2, 0) is 0 Å². The highest BCUT2D eigenvalue weighted by Gasteiger charge is 2.54. The Labute approximate surface area is 209 Å². The lowest BCUT2D eigenvalue weighted by molar-refractivity contribution is -0.0362. The highest BCUT2D eigenvalue weighted by molar-refractivity contribution is 5.22. The van der Waals surface area contributed by atoms with Crippen molar-refractivity contribution in [3.05, 3.63) is 23.5 Å². The van der Waals surface area contributed by atoms with E-state index in [0.29, 0.717) is 22.9 Å². The molecule has 0 spiro atoms. The van der Waals surface area contributed by atoms with Crippen molar-refractivity contribution in [2.24, 2.45) is 46.3 Å². The first-order chi connectivity index (χ1) is 16.5. The zero-order valence-electron chi connectivity index (χ0n) is 22.1. The van der Waals surface area contributed by atoms with Crippen LogP contribution >= 0.6 is 0 Å². The van der Waals surface area contributed by atoms with Crippen LogP contribution in [0, 0.1) is 46.3 Å². The van der Waals surface area contributed by atoms with Gasteiger partial charge in [0.2, 0.25) is 0 Å². The van der Waals surface area contributed by atoms with Crippen molar-refractivity contribution in [1.82, 2.24) is 10.6 Å². The SMILES string of the molecule is C/C=C(\NC1CCCC(N/C(=C\C)C23CC4CC(CC(C4)C2)C3)C1)C12CC3CC(CC(C3)C1)C2. The fourth-order valence-corrected chi connectivity index (χ4v) is 11.9. The molecule has 9 aliphatic carbocycles. The summed E-state index contributed by atoms with van der Waals surface area (Å²) >= 11 is 0. The van der Waals surface area contributed by atoms with E-state index in [0.717, 1.165) is 35.5 Å². The first-order valence-electron chi connectivity index (χ1n) is 15.4. The molecule has 2 unspecified atom stereocenters. The Morgan fingerprint density at radius 3 is 1.15 bits per heavy atom. The minimum atomic E-state index is 0.511. The largest absolute Gasteiger partial charge is 0.385 e. The molecule has 9 saturated carbocycles. The molecule has 0 aromatic heterocycles. The number of rotatable bonds is 6. The van der Waals surface area contributed by atoms with Gasteiger partial charge in [0.15, 0.2) is 0 Å². The van der Waals surface area contributed by atoms with Crippen molar-refractivity contribution in [2.45, 2.75) is 129 Å². The molecule has 0 heterocycles. The molecule has 9 rings (SSSR count). The fourth-order valence-electron chi connectivity index (χ4n) is 11.9. The van der Waals surface area contributed by atoms with E-state index in [1.165, 1.54) is 64.2 Å². The van der Waals surface area contributed by atoms with Crippen LogP contribution in [-0.4, -0.2) is 12.1 Å². The van der Waals surface area contributed by atoms with Crippen LogP contribution in [0.5, 0.6) is 0 Å². The Hall–Kier alpha value is -0.920. The van der Waals surface area contributed by atoms with E-state index in [1.54, 1.807) is 49.9 Å². The lowest BCUT2D eigenvalue weighted by Crippen LogP contribution is -2.53. The first-order valence-corrected chi connectivity index (χ1v) is 15.4. The van der Waals surface area contributed by atoms with Gasteiger partial charge in [0.05, 0.1) is 0 Å². The molecule has 0 aromatic carbocycles. The summed E-state index contributed by atoms with van der Waals surface area (Å²) in [6.45, 7) is 4.65. The lowest BCUT2D eigenvalue weighted by atomic mass is 9.48. The summed E-state index contributed by atoms with van der Waals surface area (Å²) in [6, 6.07) is 1.33. The molecular weight excluding hydrogens is 412 g/mol. The Morgan fingerprint density at radius 1 is 0.529 bits per heavy atom. The van der Waals surface area contributed by atoms with Gasteiger partial charge in [0.25, 0.3) is 0 Å². The fraction of sp³-hybridized carbons (Fsp3) is 0.875. The molecule has 0 aromatic rings. The number of hydrogen-bond donors (Lipinski definition) is 2. The Balaban J connectivity index is 1.02. The first kappa shape index (κ1) is 22.3. The summed E-state index contributed by atoms with van der Waals surface area (Å²) < 4.78 is 0. The summed E-state index contributed by atoms with van der Waals surface area (Å²) in [4.78, 5) is 0. The van der Waals surface area contributed by atoms with Crippen LogP contribution < -0.4 is 10.6 Å². The third-order valence-electron chi connectivity index (χ3n) is 12.2. The zero-order chi connectivity index (χ0) is 22.9. The van der Waals surface area contributed by atoms with Crippen molar-refractivity contribution >= 4 is 0 Å². The van der Waals surface area contributed by atoms with Crippen LogP contribution in [0.15, 0.2) is 23.5 Å². The van der Waals surface area contributed by atoms with Crippen molar-refractivity contribution < 1.29 is 0 Å². The minimum absolute atomic E-state index is 0.511. The van der Waals surface area contributed by atoms with Gasteiger partial charge in [0.1, 0.15) is 0 Å². The van der Waals surface area contributed by atoms with Crippen LogP contribution in [0.3, 0.4) is 0 Å². The van der Waals surface area contributed by atoms with Gasteiger partial charge in [-0.1, -0.05) is 12.2 Å². The molecule has 34 heavy (non-hydrogen) atoms. The summed E-state index contributed by atoms with van der Waals surface area (Å²) in [5.74, 6) is 6.17. The molecule has 0 saturated heterocycles. The quantitative estimate of drug-likeness (QED) is 0.422. The van der Waals surface area contributed by atoms with Gasteiger partial charge < -0.3 is 10.6 Å². The van der Waals surface area contributed by atoms with Gasteiger partial charge in [-0.2, -0.15) is 0 Å². The summed E-state index contributed by atoms with van der Waals surface area (Å²) in [6.07, 6.45) is 28.6. The second-order valence-electron chi connectivity index (χ2n) is 14.6. The maximum atomic E-state index is 4.22. The maximum Gasteiger partial charge on any atom is 0.0277 e. The second kappa shape index (κ2) is 8.31. The zero-order valence-corrected chi connectivity index (χ0v) is 22.1. The summed E-state index contributed by atoms with van der Waals surface area (Å²) in [5.41, 5.74) is 4.34. The molecule has 188 valence electrons. The smallest absolute Gasteiger partial charge is 0.0277 e. The average molecular weight is 463 g/mol.